The molecule has 0 saturated heterocycles. The molecule has 0 bridgehead atoms. The molecule has 0 aliphatic heterocycles. The van der Waals surface area contributed by atoms with Gasteiger partial charge in [-0.1, -0.05) is 0 Å². The van der Waals surface area contributed by atoms with E-state index < -0.39 is 11.7 Å². The molecule has 0 saturated carbocycles. The summed E-state index contributed by atoms with van der Waals surface area (Å²) >= 11 is 0. The Labute approximate surface area is 119 Å². The lowest BCUT2D eigenvalue weighted by Gasteiger charge is -2.12. The number of nitrogens with one attached hydrogen (secondary N) is 1. The van der Waals surface area contributed by atoms with Crippen LogP contribution in [-0.4, -0.2) is 4.98 Å². The maximum absolute atomic E-state index is 12.6. The monoisotopic (exact) mass is 292 g/mol. The fourth-order valence-electron chi connectivity index (χ4n) is 1.69. The minimum Gasteiger partial charge on any atom is -0.397 e. The van der Waals surface area contributed by atoms with Gasteiger partial charge in [0.25, 0.3) is 0 Å². The second-order valence-corrected chi connectivity index (χ2v) is 4.42. The Balaban J connectivity index is 2.36. The molecule has 1 aromatic carbocycles. The normalized spacial score (nSPS) is 11.0. The predicted molar refractivity (Wildman–Crippen MR) is 72.8 cm³/mol. The van der Waals surface area contributed by atoms with Crippen LogP contribution in [0.3, 0.4) is 0 Å². The number of alkyl halides is 3. The van der Waals surface area contributed by atoms with Crippen LogP contribution in [-0.2, 0) is 6.18 Å². The quantitative estimate of drug-likeness (QED) is 0.886. The largest absolute Gasteiger partial charge is 0.416 e. The van der Waals surface area contributed by atoms with Crippen LogP contribution < -0.4 is 11.1 Å². The number of aryl methyl sites for hydroxylation is 1. The molecule has 108 valence electrons. The molecule has 7 heteroatoms. The number of nitrogen functional groups attached to an aromatic ring is 1. The molecule has 2 aromatic rings. The number of nitrogens with zero attached hydrogens (tertiary/aromatic N) is 2. The van der Waals surface area contributed by atoms with E-state index in [2.05, 4.69) is 10.3 Å². The van der Waals surface area contributed by atoms with Crippen molar-refractivity contribution in [3.8, 4) is 6.07 Å². The van der Waals surface area contributed by atoms with Crippen LogP contribution in [0.5, 0.6) is 0 Å². The first kappa shape index (κ1) is 14.7. The van der Waals surface area contributed by atoms with Crippen LogP contribution in [0.2, 0.25) is 0 Å². The molecule has 0 spiro atoms. The Bertz CT molecular complexity index is 717. The number of hydrogen-bond acceptors (Lipinski definition) is 4. The van der Waals surface area contributed by atoms with Crippen molar-refractivity contribution in [3.63, 3.8) is 0 Å². The van der Waals surface area contributed by atoms with Crippen molar-refractivity contribution in [2.24, 2.45) is 0 Å². The number of rotatable bonds is 2. The molecule has 0 radical (unpaired) electrons. The first-order valence-corrected chi connectivity index (χ1v) is 5.92. The molecule has 4 nitrogen and oxygen atoms in total. The third-order valence-corrected chi connectivity index (χ3v) is 2.88. The number of pyridine rings is 1. The lowest BCUT2D eigenvalue weighted by molar-refractivity contribution is -0.137. The van der Waals surface area contributed by atoms with Crippen molar-refractivity contribution >= 4 is 17.2 Å². The van der Waals surface area contributed by atoms with E-state index in [1.54, 1.807) is 19.1 Å². The van der Waals surface area contributed by atoms with Gasteiger partial charge in [0.2, 0.25) is 0 Å². The summed E-state index contributed by atoms with van der Waals surface area (Å²) in [5.74, 6) is 0.401. The first-order valence-electron chi connectivity index (χ1n) is 5.92. The maximum atomic E-state index is 12.6. The van der Waals surface area contributed by atoms with E-state index >= 15 is 0 Å². The number of benzene rings is 1. The zero-order valence-electron chi connectivity index (χ0n) is 11.0. The number of hydrogen-bond donors (Lipinski definition) is 2. The SMILES string of the molecule is Cc1cc(Nc2ccc(C(F)(F)F)cc2C#N)ncc1N. The summed E-state index contributed by atoms with van der Waals surface area (Å²) in [7, 11) is 0. The van der Waals surface area contributed by atoms with Crippen LogP contribution >= 0.6 is 0 Å². The van der Waals surface area contributed by atoms with Crippen molar-refractivity contribution in [2.45, 2.75) is 13.1 Å². The molecule has 2 rings (SSSR count). The van der Waals surface area contributed by atoms with Crippen molar-refractivity contribution in [1.29, 1.82) is 5.26 Å². The molecule has 21 heavy (non-hydrogen) atoms. The van der Waals surface area contributed by atoms with E-state index in [9.17, 15) is 13.2 Å². The molecular formula is C14H11F3N4. The van der Waals surface area contributed by atoms with Gasteiger partial charge in [0.15, 0.2) is 0 Å². The first-order chi connectivity index (χ1) is 9.81. The summed E-state index contributed by atoms with van der Waals surface area (Å²) in [6, 6.07) is 6.30. The molecule has 0 aliphatic carbocycles. The lowest BCUT2D eigenvalue weighted by atomic mass is 10.1. The summed E-state index contributed by atoms with van der Waals surface area (Å²) in [6.07, 6.45) is -3.05. The van der Waals surface area contributed by atoms with Crippen LogP contribution in [0.1, 0.15) is 16.7 Å². The molecule has 0 fully saturated rings. The summed E-state index contributed by atoms with van der Waals surface area (Å²) in [6.45, 7) is 1.78. The van der Waals surface area contributed by atoms with Gasteiger partial charge in [-0.25, -0.2) is 4.98 Å². The van der Waals surface area contributed by atoms with E-state index in [0.29, 0.717) is 11.5 Å². The highest BCUT2D eigenvalue weighted by molar-refractivity contribution is 5.66. The zero-order chi connectivity index (χ0) is 15.6. The zero-order valence-corrected chi connectivity index (χ0v) is 11.0. The highest BCUT2D eigenvalue weighted by Gasteiger charge is 2.31. The van der Waals surface area contributed by atoms with E-state index in [1.165, 1.54) is 12.3 Å². The molecule has 0 atom stereocenters. The van der Waals surface area contributed by atoms with Crippen LogP contribution in [0.15, 0.2) is 30.5 Å². The van der Waals surface area contributed by atoms with E-state index in [4.69, 9.17) is 11.0 Å². The van der Waals surface area contributed by atoms with E-state index in [1.807, 2.05) is 0 Å². The Kier molecular flexibility index (Phi) is 3.72. The van der Waals surface area contributed by atoms with E-state index in [-0.39, 0.29) is 11.3 Å². The number of nitriles is 1. The smallest absolute Gasteiger partial charge is 0.397 e. The molecule has 0 aliphatic rings. The number of anilines is 3. The number of halogens is 3. The highest BCUT2D eigenvalue weighted by atomic mass is 19.4. The fourth-order valence-corrected chi connectivity index (χ4v) is 1.69. The fraction of sp³-hybridized carbons (Fsp3) is 0.143. The third kappa shape index (κ3) is 3.23. The van der Waals surface area contributed by atoms with Gasteiger partial charge in [0.05, 0.1) is 28.7 Å². The topological polar surface area (TPSA) is 74.7 Å². The molecule has 0 amide bonds. The molecular weight excluding hydrogens is 281 g/mol. The summed E-state index contributed by atoms with van der Waals surface area (Å²) < 4.78 is 37.8. The van der Waals surface area contributed by atoms with Crippen LogP contribution in [0, 0.1) is 18.3 Å². The Morgan fingerprint density at radius 2 is 2.00 bits per heavy atom. The van der Waals surface area contributed by atoms with E-state index in [0.717, 1.165) is 17.7 Å². The third-order valence-electron chi connectivity index (χ3n) is 2.88. The summed E-state index contributed by atoms with van der Waals surface area (Å²) in [5.41, 5.74) is 6.19. The van der Waals surface area contributed by atoms with Gasteiger partial charge in [-0.05, 0) is 36.8 Å². The van der Waals surface area contributed by atoms with Gasteiger partial charge in [-0.3, -0.25) is 0 Å². The average Bonchev–Trinajstić information content (AvgIpc) is 2.42. The second-order valence-electron chi connectivity index (χ2n) is 4.42. The van der Waals surface area contributed by atoms with Crippen molar-refractivity contribution in [2.75, 3.05) is 11.1 Å². The minimum atomic E-state index is -4.49. The Hall–Kier alpha value is -2.75. The van der Waals surface area contributed by atoms with Gasteiger partial charge < -0.3 is 11.1 Å². The molecule has 0 unspecified atom stereocenters. The Morgan fingerprint density at radius 1 is 1.29 bits per heavy atom. The number of nitrogens with two attached hydrogens (primary N) is 1. The highest BCUT2D eigenvalue weighted by Crippen LogP contribution is 2.32. The molecule has 3 N–H and O–H groups in total. The van der Waals surface area contributed by atoms with Crippen LogP contribution in [0.4, 0.5) is 30.4 Å². The van der Waals surface area contributed by atoms with Crippen molar-refractivity contribution in [3.05, 3.63) is 47.2 Å². The van der Waals surface area contributed by atoms with Gasteiger partial charge in [0, 0.05) is 0 Å². The maximum Gasteiger partial charge on any atom is 0.416 e. The van der Waals surface area contributed by atoms with Gasteiger partial charge >= 0.3 is 6.18 Å². The van der Waals surface area contributed by atoms with Crippen molar-refractivity contribution in [1.82, 2.24) is 4.98 Å². The summed E-state index contributed by atoms with van der Waals surface area (Å²) in [5, 5.41) is 11.8. The molecule has 1 aromatic heterocycles. The average molecular weight is 292 g/mol. The standard InChI is InChI=1S/C14H11F3N4/c1-8-4-13(20-7-11(8)19)21-12-3-2-10(14(15,16)17)5-9(12)6-18/h2-5,7H,19H2,1H3,(H,20,21). The van der Waals surface area contributed by atoms with Gasteiger partial charge in [-0.2, -0.15) is 18.4 Å². The van der Waals surface area contributed by atoms with Crippen molar-refractivity contribution < 1.29 is 13.2 Å². The predicted octanol–water partition coefficient (Wildman–Crippen LogP) is 3.61. The summed E-state index contributed by atoms with van der Waals surface area (Å²) in [4.78, 5) is 4.01. The lowest BCUT2D eigenvalue weighted by Crippen LogP contribution is -2.06. The molecule has 1 heterocycles. The second kappa shape index (κ2) is 5.32. The van der Waals surface area contributed by atoms with Crippen LogP contribution in [0.25, 0.3) is 0 Å². The number of aromatic nitrogens is 1. The van der Waals surface area contributed by atoms with Gasteiger partial charge in [-0.15, -0.1) is 0 Å². The Morgan fingerprint density at radius 3 is 2.57 bits per heavy atom. The van der Waals surface area contributed by atoms with Gasteiger partial charge in [0.1, 0.15) is 11.9 Å². The minimum absolute atomic E-state index is 0.110.